The molecule has 1 aromatic carbocycles. The summed E-state index contributed by atoms with van der Waals surface area (Å²) in [5, 5.41) is 6.94. The fraction of sp³-hybridized carbons (Fsp3) is 0.357. The van der Waals surface area contributed by atoms with Crippen molar-refractivity contribution < 1.29 is 9.53 Å². The Labute approximate surface area is 122 Å². The number of carbonyl (C=O) groups is 1. The number of nitrogens with one attached hydrogen (secondary N) is 1. The summed E-state index contributed by atoms with van der Waals surface area (Å²) in [5.74, 6) is -0.167. The van der Waals surface area contributed by atoms with Gasteiger partial charge in [-0.25, -0.2) is 0 Å². The molecule has 1 heterocycles. The molecule has 6 heteroatoms. The highest BCUT2D eigenvalue weighted by atomic mass is 32.1. The van der Waals surface area contributed by atoms with E-state index in [4.69, 9.17) is 4.74 Å². The lowest BCUT2D eigenvalue weighted by molar-refractivity contribution is 0.0910. The van der Waals surface area contributed by atoms with Crippen LogP contribution in [-0.2, 0) is 4.74 Å². The molecule has 5 nitrogen and oxygen atoms in total. The molecule has 1 atom stereocenters. The largest absolute Gasteiger partial charge is 0.383 e. The first-order valence-corrected chi connectivity index (χ1v) is 7.08. The first kappa shape index (κ1) is 14.6. The molecule has 0 spiro atoms. The zero-order valence-electron chi connectivity index (χ0n) is 11.7. The third-order valence-electron chi connectivity index (χ3n) is 2.81. The van der Waals surface area contributed by atoms with Crippen LogP contribution < -0.4 is 5.32 Å². The minimum atomic E-state index is -0.167. The van der Waals surface area contributed by atoms with Gasteiger partial charge in [0.25, 0.3) is 5.91 Å². The lowest BCUT2D eigenvalue weighted by Gasteiger charge is -2.12. The molecule has 1 N–H and O–H groups in total. The normalized spacial score (nSPS) is 12.2. The number of hydrogen-bond acceptors (Lipinski definition) is 5. The molecule has 0 fully saturated rings. The summed E-state index contributed by atoms with van der Waals surface area (Å²) < 4.78 is 8.90. The molecule has 1 amide bonds. The molecular formula is C14H17N3O2S. The van der Waals surface area contributed by atoms with Crippen molar-refractivity contribution >= 4 is 17.4 Å². The van der Waals surface area contributed by atoms with Crippen molar-refractivity contribution in [1.82, 2.24) is 14.9 Å². The highest BCUT2D eigenvalue weighted by Gasteiger charge is 2.19. The number of aryl methyl sites for hydroxylation is 1. The van der Waals surface area contributed by atoms with Crippen LogP contribution in [0.3, 0.4) is 0 Å². The van der Waals surface area contributed by atoms with E-state index < -0.39 is 0 Å². The number of aromatic nitrogens is 2. The first-order valence-electron chi connectivity index (χ1n) is 6.31. The zero-order chi connectivity index (χ0) is 14.5. The van der Waals surface area contributed by atoms with Crippen LogP contribution in [0.25, 0.3) is 11.3 Å². The lowest BCUT2D eigenvalue weighted by atomic mass is 10.1. The van der Waals surface area contributed by atoms with Crippen molar-refractivity contribution in [3.05, 3.63) is 34.7 Å². The zero-order valence-corrected chi connectivity index (χ0v) is 12.5. The van der Waals surface area contributed by atoms with E-state index in [9.17, 15) is 4.79 Å². The number of amides is 1. The number of carbonyl (C=O) groups excluding carboxylic acids is 1. The average Bonchev–Trinajstić information content (AvgIpc) is 2.89. The van der Waals surface area contributed by atoms with Crippen molar-refractivity contribution in [3.63, 3.8) is 0 Å². The topological polar surface area (TPSA) is 64.1 Å². The molecule has 2 rings (SSSR count). The fourth-order valence-corrected chi connectivity index (χ4v) is 2.41. The monoisotopic (exact) mass is 291 g/mol. The van der Waals surface area contributed by atoms with Gasteiger partial charge < -0.3 is 10.1 Å². The maximum atomic E-state index is 12.2. The standard InChI is InChI=1S/C14H17N3O2S/c1-9-4-6-11(7-5-9)12-13(20-17-16-12)14(18)15-10(2)8-19-3/h4-7,10H,8H2,1-3H3,(H,15,18)/t10-/m0/s1. The van der Waals surface area contributed by atoms with Gasteiger partial charge in [-0.3, -0.25) is 4.79 Å². The summed E-state index contributed by atoms with van der Waals surface area (Å²) in [6, 6.07) is 7.82. The van der Waals surface area contributed by atoms with E-state index in [2.05, 4.69) is 14.9 Å². The van der Waals surface area contributed by atoms with Gasteiger partial charge in [0.1, 0.15) is 10.6 Å². The number of benzene rings is 1. The van der Waals surface area contributed by atoms with Gasteiger partial charge in [0.05, 0.1) is 6.61 Å². The molecular weight excluding hydrogens is 274 g/mol. The average molecular weight is 291 g/mol. The van der Waals surface area contributed by atoms with Crippen LogP contribution in [0.5, 0.6) is 0 Å². The van der Waals surface area contributed by atoms with Gasteiger partial charge in [0.15, 0.2) is 0 Å². The summed E-state index contributed by atoms with van der Waals surface area (Å²) in [7, 11) is 1.61. The van der Waals surface area contributed by atoms with Gasteiger partial charge >= 0.3 is 0 Å². The molecule has 0 radical (unpaired) electrons. The van der Waals surface area contributed by atoms with E-state index >= 15 is 0 Å². The van der Waals surface area contributed by atoms with E-state index in [1.54, 1.807) is 7.11 Å². The number of ether oxygens (including phenoxy) is 1. The Hall–Kier alpha value is -1.79. The van der Waals surface area contributed by atoms with Gasteiger partial charge in [-0.15, -0.1) is 5.10 Å². The Morgan fingerprint density at radius 2 is 2.10 bits per heavy atom. The molecule has 2 aromatic rings. The molecule has 0 aliphatic carbocycles. The Morgan fingerprint density at radius 3 is 2.75 bits per heavy atom. The van der Waals surface area contributed by atoms with Gasteiger partial charge in [-0.05, 0) is 25.4 Å². The summed E-state index contributed by atoms with van der Waals surface area (Å²) in [6.45, 7) is 4.38. The summed E-state index contributed by atoms with van der Waals surface area (Å²) in [6.07, 6.45) is 0. The third kappa shape index (κ3) is 3.40. The SMILES string of the molecule is COC[C@H](C)NC(=O)c1snnc1-c1ccc(C)cc1. The van der Waals surface area contributed by atoms with E-state index in [-0.39, 0.29) is 11.9 Å². The predicted molar refractivity (Wildman–Crippen MR) is 78.9 cm³/mol. The van der Waals surface area contributed by atoms with Crippen LogP contribution in [0.15, 0.2) is 24.3 Å². The molecule has 0 saturated carbocycles. The maximum Gasteiger partial charge on any atom is 0.265 e. The van der Waals surface area contributed by atoms with Gasteiger partial charge in [0.2, 0.25) is 0 Å². The van der Waals surface area contributed by atoms with Crippen LogP contribution in [0.4, 0.5) is 0 Å². The summed E-state index contributed by atoms with van der Waals surface area (Å²) in [5.41, 5.74) is 2.68. The van der Waals surface area contributed by atoms with Crippen molar-refractivity contribution in [1.29, 1.82) is 0 Å². The molecule has 0 bridgehead atoms. The molecule has 0 saturated heterocycles. The number of nitrogens with zero attached hydrogens (tertiary/aromatic N) is 2. The van der Waals surface area contributed by atoms with Crippen LogP contribution in [-0.4, -0.2) is 35.3 Å². The Kier molecular flexibility index (Phi) is 4.81. The van der Waals surface area contributed by atoms with E-state index in [0.29, 0.717) is 17.2 Å². The molecule has 106 valence electrons. The molecule has 0 aliphatic heterocycles. The number of rotatable bonds is 5. The molecule has 0 unspecified atom stereocenters. The van der Waals surface area contributed by atoms with Gasteiger partial charge in [-0.2, -0.15) is 0 Å². The highest BCUT2D eigenvalue weighted by molar-refractivity contribution is 7.08. The second kappa shape index (κ2) is 6.58. The second-order valence-electron chi connectivity index (χ2n) is 4.65. The minimum absolute atomic E-state index is 0.0551. The third-order valence-corrected chi connectivity index (χ3v) is 3.54. The van der Waals surface area contributed by atoms with Crippen molar-refractivity contribution in [3.8, 4) is 11.3 Å². The van der Waals surface area contributed by atoms with Crippen molar-refractivity contribution in [2.24, 2.45) is 0 Å². The Bertz CT molecular complexity index is 580. The molecule has 1 aromatic heterocycles. The van der Waals surface area contributed by atoms with Crippen LogP contribution in [0, 0.1) is 6.92 Å². The van der Waals surface area contributed by atoms with Gasteiger partial charge in [0, 0.05) is 18.7 Å². The van der Waals surface area contributed by atoms with Crippen molar-refractivity contribution in [2.45, 2.75) is 19.9 Å². The van der Waals surface area contributed by atoms with Gasteiger partial charge in [-0.1, -0.05) is 34.3 Å². The van der Waals surface area contributed by atoms with E-state index in [1.165, 1.54) is 0 Å². The Morgan fingerprint density at radius 1 is 1.40 bits per heavy atom. The Balaban J connectivity index is 2.20. The number of methoxy groups -OCH3 is 1. The van der Waals surface area contributed by atoms with E-state index in [1.807, 2.05) is 38.1 Å². The number of hydrogen-bond donors (Lipinski definition) is 1. The first-order chi connectivity index (χ1) is 9.61. The predicted octanol–water partition coefficient (Wildman–Crippen LogP) is 2.28. The molecule has 20 heavy (non-hydrogen) atoms. The van der Waals surface area contributed by atoms with Crippen LogP contribution >= 0.6 is 11.5 Å². The summed E-state index contributed by atoms with van der Waals surface area (Å²) in [4.78, 5) is 12.7. The lowest BCUT2D eigenvalue weighted by Crippen LogP contribution is -2.35. The maximum absolute atomic E-state index is 12.2. The minimum Gasteiger partial charge on any atom is -0.383 e. The van der Waals surface area contributed by atoms with Crippen LogP contribution in [0.2, 0.25) is 0 Å². The fourth-order valence-electron chi connectivity index (χ4n) is 1.82. The highest BCUT2D eigenvalue weighted by Crippen LogP contribution is 2.24. The van der Waals surface area contributed by atoms with Crippen LogP contribution in [0.1, 0.15) is 22.2 Å². The summed E-state index contributed by atoms with van der Waals surface area (Å²) >= 11 is 1.10. The molecule has 0 aliphatic rings. The smallest absolute Gasteiger partial charge is 0.265 e. The quantitative estimate of drug-likeness (QED) is 0.918. The second-order valence-corrected chi connectivity index (χ2v) is 5.40. The van der Waals surface area contributed by atoms with E-state index in [0.717, 1.165) is 22.7 Å². The van der Waals surface area contributed by atoms with Crippen molar-refractivity contribution in [2.75, 3.05) is 13.7 Å².